The molecule has 0 radical (unpaired) electrons. The summed E-state index contributed by atoms with van der Waals surface area (Å²) in [4.78, 5) is 20.4. The number of nitrogens with two attached hydrogens (primary N) is 1. The van der Waals surface area contributed by atoms with E-state index < -0.39 is 0 Å². The van der Waals surface area contributed by atoms with Crippen LogP contribution >= 0.6 is 22.7 Å². The summed E-state index contributed by atoms with van der Waals surface area (Å²) in [5, 5.41) is 5.63. The zero-order chi connectivity index (χ0) is 14.7. The summed E-state index contributed by atoms with van der Waals surface area (Å²) in [7, 11) is 0. The van der Waals surface area contributed by atoms with Gasteiger partial charge in [0.15, 0.2) is 5.13 Å². The van der Waals surface area contributed by atoms with E-state index in [4.69, 9.17) is 5.73 Å². The van der Waals surface area contributed by atoms with E-state index in [0.29, 0.717) is 10.0 Å². The Kier molecular flexibility index (Phi) is 4.52. The number of nitrogens with one attached hydrogen (secondary N) is 1. The molecule has 2 aromatic heterocycles. The molecule has 0 bridgehead atoms. The molecule has 5 nitrogen and oxygen atoms in total. The molecular weight excluding hydrogens is 304 g/mol. The second kappa shape index (κ2) is 6.55. The predicted octanol–water partition coefficient (Wildman–Crippen LogP) is 2.18. The van der Waals surface area contributed by atoms with Gasteiger partial charge in [0.25, 0.3) is 5.91 Å². The van der Waals surface area contributed by atoms with Crippen molar-refractivity contribution in [2.24, 2.45) is 0 Å². The molecule has 0 saturated carbocycles. The molecule has 1 aliphatic heterocycles. The van der Waals surface area contributed by atoms with Crippen molar-refractivity contribution >= 4 is 33.7 Å². The highest BCUT2D eigenvalue weighted by Gasteiger charge is 2.22. The number of aromatic nitrogens is 1. The SMILES string of the molecule is Nc1ncc(C(=O)NC2CCCN(Cc3cccs3)C2)s1. The molecule has 3 rings (SSSR count). The van der Waals surface area contributed by atoms with E-state index in [-0.39, 0.29) is 11.9 Å². The molecule has 0 spiro atoms. The number of carbonyl (C=O) groups excluding carboxylic acids is 1. The van der Waals surface area contributed by atoms with Crippen molar-refractivity contribution in [3.05, 3.63) is 33.5 Å². The van der Waals surface area contributed by atoms with Crippen LogP contribution in [0.15, 0.2) is 23.7 Å². The number of amides is 1. The fourth-order valence-corrected chi connectivity index (χ4v) is 3.92. The number of rotatable bonds is 4. The molecule has 3 heterocycles. The normalized spacial score (nSPS) is 19.5. The molecule has 2 aromatic rings. The fourth-order valence-electron chi connectivity index (χ4n) is 2.59. The first-order valence-electron chi connectivity index (χ1n) is 6.97. The van der Waals surface area contributed by atoms with Gasteiger partial charge in [-0.1, -0.05) is 17.4 Å². The predicted molar refractivity (Wildman–Crippen MR) is 86.6 cm³/mol. The number of nitrogen functional groups attached to an aromatic ring is 1. The van der Waals surface area contributed by atoms with Crippen LogP contribution < -0.4 is 11.1 Å². The number of carbonyl (C=O) groups is 1. The van der Waals surface area contributed by atoms with Crippen molar-refractivity contribution in [2.45, 2.75) is 25.4 Å². The molecule has 1 fully saturated rings. The van der Waals surface area contributed by atoms with Gasteiger partial charge in [-0.15, -0.1) is 11.3 Å². The highest BCUT2D eigenvalue weighted by atomic mass is 32.1. The molecule has 0 aliphatic carbocycles. The van der Waals surface area contributed by atoms with Crippen LogP contribution in [-0.4, -0.2) is 34.9 Å². The van der Waals surface area contributed by atoms with Gasteiger partial charge in [0, 0.05) is 24.0 Å². The van der Waals surface area contributed by atoms with Gasteiger partial charge in [-0.2, -0.15) is 0 Å². The molecule has 0 aromatic carbocycles. The number of thiazole rings is 1. The Bertz CT molecular complexity index is 596. The topological polar surface area (TPSA) is 71.2 Å². The van der Waals surface area contributed by atoms with E-state index in [1.165, 1.54) is 16.2 Å². The first-order chi connectivity index (χ1) is 10.2. The maximum Gasteiger partial charge on any atom is 0.263 e. The van der Waals surface area contributed by atoms with E-state index in [0.717, 1.165) is 32.5 Å². The maximum absolute atomic E-state index is 12.1. The Morgan fingerprint density at radius 2 is 2.48 bits per heavy atom. The third-order valence-electron chi connectivity index (χ3n) is 3.55. The van der Waals surface area contributed by atoms with Crippen LogP contribution in [0.1, 0.15) is 27.4 Å². The minimum atomic E-state index is -0.0628. The molecule has 1 saturated heterocycles. The average Bonchev–Trinajstić information content (AvgIpc) is 3.11. The standard InChI is InChI=1S/C14H18N4OS2/c15-14-16-7-12(21-14)13(19)17-10-3-1-5-18(8-10)9-11-4-2-6-20-11/h2,4,6-7,10H,1,3,5,8-9H2,(H2,15,16)(H,17,19). The Hall–Kier alpha value is -1.44. The summed E-state index contributed by atoms with van der Waals surface area (Å²) in [5.74, 6) is -0.0628. The Balaban J connectivity index is 1.55. The number of piperidine rings is 1. The highest BCUT2D eigenvalue weighted by molar-refractivity contribution is 7.17. The lowest BCUT2D eigenvalue weighted by molar-refractivity contribution is 0.0905. The van der Waals surface area contributed by atoms with Crippen molar-refractivity contribution in [3.63, 3.8) is 0 Å². The lowest BCUT2D eigenvalue weighted by Gasteiger charge is -2.32. The summed E-state index contributed by atoms with van der Waals surface area (Å²) in [6.45, 7) is 2.97. The van der Waals surface area contributed by atoms with Crippen LogP contribution in [0.25, 0.3) is 0 Å². The molecule has 1 amide bonds. The lowest BCUT2D eigenvalue weighted by Crippen LogP contribution is -2.47. The average molecular weight is 322 g/mol. The highest BCUT2D eigenvalue weighted by Crippen LogP contribution is 2.18. The number of nitrogens with zero attached hydrogens (tertiary/aromatic N) is 2. The zero-order valence-corrected chi connectivity index (χ0v) is 13.3. The molecule has 112 valence electrons. The molecule has 1 atom stereocenters. The quantitative estimate of drug-likeness (QED) is 0.905. The van der Waals surface area contributed by atoms with E-state index in [2.05, 4.69) is 32.7 Å². The van der Waals surface area contributed by atoms with Gasteiger partial charge in [0.1, 0.15) is 4.88 Å². The summed E-state index contributed by atoms with van der Waals surface area (Å²) >= 11 is 3.01. The number of thiophene rings is 1. The maximum atomic E-state index is 12.1. The van der Waals surface area contributed by atoms with Crippen LogP contribution in [0.4, 0.5) is 5.13 Å². The Morgan fingerprint density at radius 3 is 3.19 bits per heavy atom. The molecule has 1 aliphatic rings. The van der Waals surface area contributed by atoms with Crippen molar-refractivity contribution < 1.29 is 4.79 Å². The van der Waals surface area contributed by atoms with Crippen LogP contribution in [0.2, 0.25) is 0 Å². The molecule has 7 heteroatoms. The van der Waals surface area contributed by atoms with Gasteiger partial charge in [0.2, 0.25) is 0 Å². The number of hydrogen-bond acceptors (Lipinski definition) is 6. The zero-order valence-electron chi connectivity index (χ0n) is 11.6. The molecule has 1 unspecified atom stereocenters. The van der Waals surface area contributed by atoms with E-state index in [9.17, 15) is 4.79 Å². The summed E-state index contributed by atoms with van der Waals surface area (Å²) in [6.07, 6.45) is 3.68. The molecular formula is C14H18N4OS2. The lowest BCUT2D eigenvalue weighted by atomic mass is 10.1. The second-order valence-corrected chi connectivity index (χ2v) is 7.28. The van der Waals surface area contributed by atoms with Crippen LogP contribution in [0.5, 0.6) is 0 Å². The minimum absolute atomic E-state index is 0.0628. The van der Waals surface area contributed by atoms with E-state index >= 15 is 0 Å². The largest absolute Gasteiger partial charge is 0.375 e. The molecule has 21 heavy (non-hydrogen) atoms. The minimum Gasteiger partial charge on any atom is -0.375 e. The van der Waals surface area contributed by atoms with Crippen molar-refractivity contribution in [2.75, 3.05) is 18.8 Å². The Labute approximate surface area is 131 Å². The summed E-state index contributed by atoms with van der Waals surface area (Å²) in [5.41, 5.74) is 5.57. The van der Waals surface area contributed by atoms with Gasteiger partial charge in [-0.3, -0.25) is 9.69 Å². The Morgan fingerprint density at radius 1 is 1.57 bits per heavy atom. The first-order valence-corrected chi connectivity index (χ1v) is 8.67. The first kappa shape index (κ1) is 14.5. The van der Waals surface area contributed by atoms with Gasteiger partial charge < -0.3 is 11.1 Å². The second-order valence-electron chi connectivity index (χ2n) is 5.19. The van der Waals surface area contributed by atoms with E-state index in [1.807, 2.05) is 0 Å². The monoisotopic (exact) mass is 322 g/mol. The smallest absolute Gasteiger partial charge is 0.263 e. The van der Waals surface area contributed by atoms with Crippen LogP contribution in [0.3, 0.4) is 0 Å². The van der Waals surface area contributed by atoms with Crippen LogP contribution in [-0.2, 0) is 6.54 Å². The van der Waals surface area contributed by atoms with Crippen molar-refractivity contribution in [1.82, 2.24) is 15.2 Å². The van der Waals surface area contributed by atoms with Gasteiger partial charge >= 0.3 is 0 Å². The van der Waals surface area contributed by atoms with Crippen molar-refractivity contribution in [1.29, 1.82) is 0 Å². The third kappa shape index (κ3) is 3.81. The third-order valence-corrected chi connectivity index (χ3v) is 5.23. The summed E-state index contributed by atoms with van der Waals surface area (Å²) in [6, 6.07) is 4.44. The number of hydrogen-bond donors (Lipinski definition) is 2. The fraction of sp³-hybridized carbons (Fsp3) is 0.429. The summed E-state index contributed by atoms with van der Waals surface area (Å²) < 4.78 is 0. The van der Waals surface area contributed by atoms with Crippen LogP contribution in [0, 0.1) is 0 Å². The van der Waals surface area contributed by atoms with Gasteiger partial charge in [-0.05, 0) is 30.8 Å². The number of anilines is 1. The number of likely N-dealkylation sites (tertiary alicyclic amines) is 1. The van der Waals surface area contributed by atoms with Gasteiger partial charge in [-0.25, -0.2) is 4.98 Å². The molecule has 3 N–H and O–H groups in total. The van der Waals surface area contributed by atoms with E-state index in [1.54, 1.807) is 17.5 Å². The van der Waals surface area contributed by atoms with Crippen molar-refractivity contribution in [3.8, 4) is 0 Å². The van der Waals surface area contributed by atoms with Gasteiger partial charge in [0.05, 0.1) is 6.20 Å².